The molecule has 0 radical (unpaired) electrons. The molecule has 2 aromatic heterocycles. The summed E-state index contributed by atoms with van der Waals surface area (Å²) >= 11 is 1.38. The number of pyridine rings is 1. The van der Waals surface area contributed by atoms with Crippen LogP contribution >= 0.6 is 11.3 Å². The van der Waals surface area contributed by atoms with Crippen LogP contribution in [0.25, 0.3) is 10.6 Å². The van der Waals surface area contributed by atoms with Crippen LogP contribution < -0.4 is 14.8 Å². The molecule has 2 aromatic carbocycles. The highest BCUT2D eigenvalue weighted by Gasteiger charge is 2.14. The third kappa shape index (κ3) is 5.93. The second-order valence-electron chi connectivity index (χ2n) is 7.15. The quantitative estimate of drug-likeness (QED) is 0.382. The molecule has 1 N–H and O–H groups in total. The first-order valence-corrected chi connectivity index (χ1v) is 11.2. The molecule has 0 unspecified atom stereocenters. The standard InChI is InChI=1S/C25H22FN3O3S/c1-31-23-14-18(8-9-22(23)32-15-17-5-4-6-19(26)13-17)25-29-21(16-33-25)24(30)28-12-10-20-7-2-3-11-27-20/h2-9,11,13-14,16H,10,12,15H2,1H3,(H,28,30). The number of carbonyl (C=O) groups is 1. The van der Waals surface area contributed by atoms with E-state index in [-0.39, 0.29) is 18.3 Å². The molecule has 0 aliphatic rings. The zero-order chi connectivity index (χ0) is 23.0. The van der Waals surface area contributed by atoms with Gasteiger partial charge in [-0.2, -0.15) is 0 Å². The molecule has 0 bridgehead atoms. The number of nitrogens with one attached hydrogen (secondary N) is 1. The molecule has 0 saturated heterocycles. The number of rotatable bonds is 9. The highest BCUT2D eigenvalue weighted by Crippen LogP contribution is 2.34. The average Bonchev–Trinajstić information content (AvgIpc) is 3.34. The highest BCUT2D eigenvalue weighted by molar-refractivity contribution is 7.13. The van der Waals surface area contributed by atoms with Gasteiger partial charge in [-0.15, -0.1) is 11.3 Å². The molecule has 2 heterocycles. The Hall–Kier alpha value is -3.78. The number of halogens is 1. The first-order chi connectivity index (χ1) is 16.1. The van der Waals surface area contributed by atoms with Crippen molar-refractivity contribution in [3.63, 3.8) is 0 Å². The summed E-state index contributed by atoms with van der Waals surface area (Å²) in [5, 5.41) is 5.30. The van der Waals surface area contributed by atoms with Crippen LogP contribution in [0, 0.1) is 5.82 Å². The lowest BCUT2D eigenvalue weighted by Crippen LogP contribution is -2.26. The fourth-order valence-corrected chi connectivity index (χ4v) is 3.96. The largest absolute Gasteiger partial charge is 0.493 e. The number of aromatic nitrogens is 2. The number of nitrogens with zero attached hydrogens (tertiary/aromatic N) is 2. The van der Waals surface area contributed by atoms with Crippen molar-refractivity contribution in [3.05, 3.63) is 95.0 Å². The van der Waals surface area contributed by atoms with Gasteiger partial charge >= 0.3 is 0 Å². The van der Waals surface area contributed by atoms with E-state index in [1.165, 1.54) is 23.5 Å². The predicted molar refractivity (Wildman–Crippen MR) is 125 cm³/mol. The Balaban J connectivity index is 1.39. The van der Waals surface area contributed by atoms with E-state index in [2.05, 4.69) is 15.3 Å². The van der Waals surface area contributed by atoms with Gasteiger partial charge in [0.15, 0.2) is 11.5 Å². The Morgan fingerprint density at radius 1 is 1.09 bits per heavy atom. The van der Waals surface area contributed by atoms with Gasteiger partial charge < -0.3 is 14.8 Å². The SMILES string of the molecule is COc1cc(-c2nc(C(=O)NCCc3ccccn3)cs2)ccc1OCc1cccc(F)c1. The van der Waals surface area contributed by atoms with E-state index in [0.717, 1.165) is 16.8 Å². The number of thiazole rings is 1. The van der Waals surface area contributed by atoms with Crippen LogP contribution in [0.15, 0.2) is 72.2 Å². The molecule has 4 aromatic rings. The van der Waals surface area contributed by atoms with Crippen molar-refractivity contribution in [3.8, 4) is 22.1 Å². The zero-order valence-corrected chi connectivity index (χ0v) is 18.8. The Morgan fingerprint density at radius 2 is 2.00 bits per heavy atom. The van der Waals surface area contributed by atoms with Gasteiger partial charge in [-0.3, -0.25) is 9.78 Å². The lowest BCUT2D eigenvalue weighted by Gasteiger charge is -2.12. The monoisotopic (exact) mass is 463 g/mol. The second kappa shape index (κ2) is 10.7. The predicted octanol–water partition coefficient (Wildman–Crippen LogP) is 4.90. The lowest BCUT2D eigenvalue weighted by molar-refractivity contribution is 0.0950. The third-order valence-electron chi connectivity index (χ3n) is 4.82. The van der Waals surface area contributed by atoms with Crippen LogP contribution in [0.3, 0.4) is 0 Å². The molecule has 4 rings (SSSR count). The van der Waals surface area contributed by atoms with Crippen molar-refractivity contribution in [1.29, 1.82) is 0 Å². The Labute approximate surface area is 195 Å². The van der Waals surface area contributed by atoms with Crippen LogP contribution in [-0.4, -0.2) is 29.5 Å². The lowest BCUT2D eigenvalue weighted by atomic mass is 10.2. The maximum absolute atomic E-state index is 13.4. The van der Waals surface area contributed by atoms with Gasteiger partial charge in [0.25, 0.3) is 5.91 Å². The summed E-state index contributed by atoms with van der Waals surface area (Å²) < 4.78 is 24.6. The van der Waals surface area contributed by atoms with Gasteiger partial charge in [0.2, 0.25) is 0 Å². The van der Waals surface area contributed by atoms with Gasteiger partial charge in [-0.05, 0) is 48.0 Å². The number of carbonyl (C=O) groups excluding carboxylic acids is 1. The first-order valence-electron chi connectivity index (χ1n) is 10.3. The molecule has 33 heavy (non-hydrogen) atoms. The van der Waals surface area contributed by atoms with Gasteiger partial charge in [0.1, 0.15) is 23.1 Å². The maximum atomic E-state index is 13.4. The minimum Gasteiger partial charge on any atom is -0.493 e. The van der Waals surface area contributed by atoms with E-state index >= 15 is 0 Å². The van der Waals surface area contributed by atoms with Crippen molar-refractivity contribution in [2.24, 2.45) is 0 Å². The summed E-state index contributed by atoms with van der Waals surface area (Å²) in [6, 6.07) is 17.4. The molecule has 1 amide bonds. The van der Waals surface area contributed by atoms with Gasteiger partial charge in [-0.1, -0.05) is 18.2 Å². The minimum absolute atomic E-state index is 0.216. The molecule has 6 nitrogen and oxygen atoms in total. The van der Waals surface area contributed by atoms with Crippen LogP contribution in [0.1, 0.15) is 21.7 Å². The highest BCUT2D eigenvalue weighted by atomic mass is 32.1. The summed E-state index contributed by atoms with van der Waals surface area (Å²) in [4.78, 5) is 21.2. The smallest absolute Gasteiger partial charge is 0.270 e. The molecule has 0 atom stereocenters. The molecule has 0 fully saturated rings. The Morgan fingerprint density at radius 3 is 2.79 bits per heavy atom. The van der Waals surface area contributed by atoms with E-state index in [1.54, 1.807) is 36.9 Å². The molecular formula is C25H22FN3O3S. The van der Waals surface area contributed by atoms with Crippen molar-refractivity contribution in [2.75, 3.05) is 13.7 Å². The van der Waals surface area contributed by atoms with E-state index in [1.807, 2.05) is 30.3 Å². The van der Waals surface area contributed by atoms with Crippen molar-refractivity contribution in [1.82, 2.24) is 15.3 Å². The fourth-order valence-electron chi connectivity index (χ4n) is 3.16. The van der Waals surface area contributed by atoms with Crippen molar-refractivity contribution >= 4 is 17.2 Å². The van der Waals surface area contributed by atoms with E-state index < -0.39 is 0 Å². The second-order valence-corrected chi connectivity index (χ2v) is 8.01. The van der Waals surface area contributed by atoms with Crippen LogP contribution in [0.2, 0.25) is 0 Å². The molecular weight excluding hydrogens is 441 g/mol. The Bertz CT molecular complexity index is 1230. The maximum Gasteiger partial charge on any atom is 0.270 e. The first kappa shape index (κ1) is 22.4. The minimum atomic E-state index is -0.307. The molecule has 8 heteroatoms. The van der Waals surface area contributed by atoms with Crippen LogP contribution in [0.4, 0.5) is 4.39 Å². The number of ether oxygens (including phenoxy) is 2. The molecule has 0 spiro atoms. The van der Waals surface area contributed by atoms with Gasteiger partial charge in [0, 0.05) is 35.8 Å². The zero-order valence-electron chi connectivity index (χ0n) is 18.0. The van der Waals surface area contributed by atoms with Crippen molar-refractivity contribution in [2.45, 2.75) is 13.0 Å². The number of benzene rings is 2. The number of methoxy groups -OCH3 is 1. The summed E-state index contributed by atoms with van der Waals surface area (Å²) in [6.07, 6.45) is 2.38. The van der Waals surface area contributed by atoms with Crippen LogP contribution in [-0.2, 0) is 13.0 Å². The summed E-state index contributed by atoms with van der Waals surface area (Å²) in [7, 11) is 1.55. The number of amides is 1. The summed E-state index contributed by atoms with van der Waals surface area (Å²) in [5.74, 6) is 0.532. The van der Waals surface area contributed by atoms with Crippen molar-refractivity contribution < 1.29 is 18.7 Å². The molecule has 0 aliphatic carbocycles. The average molecular weight is 464 g/mol. The van der Waals surface area contributed by atoms with E-state index in [4.69, 9.17) is 9.47 Å². The van der Waals surface area contributed by atoms with E-state index in [9.17, 15) is 9.18 Å². The van der Waals surface area contributed by atoms with Gasteiger partial charge in [0.05, 0.1) is 7.11 Å². The summed E-state index contributed by atoms with van der Waals surface area (Å²) in [6.45, 7) is 0.696. The van der Waals surface area contributed by atoms with Gasteiger partial charge in [-0.25, -0.2) is 9.37 Å². The molecule has 0 aliphatic heterocycles. The molecule has 0 saturated carbocycles. The fraction of sp³-hybridized carbons (Fsp3) is 0.160. The normalized spacial score (nSPS) is 10.6. The molecule has 168 valence electrons. The number of hydrogen-bond acceptors (Lipinski definition) is 6. The summed E-state index contributed by atoms with van der Waals surface area (Å²) in [5.41, 5.74) is 2.81. The number of hydrogen-bond donors (Lipinski definition) is 1. The Kier molecular flexibility index (Phi) is 7.26. The topological polar surface area (TPSA) is 73.3 Å². The van der Waals surface area contributed by atoms with E-state index in [0.29, 0.717) is 35.2 Å². The third-order valence-corrected chi connectivity index (χ3v) is 5.71. The van der Waals surface area contributed by atoms with Crippen LogP contribution in [0.5, 0.6) is 11.5 Å².